The van der Waals surface area contributed by atoms with E-state index in [2.05, 4.69) is 11.4 Å². The summed E-state index contributed by atoms with van der Waals surface area (Å²) in [7, 11) is 0. The van der Waals surface area contributed by atoms with E-state index in [4.69, 9.17) is 23.2 Å². The van der Waals surface area contributed by atoms with E-state index in [1.165, 1.54) is 0 Å². The molecule has 0 aliphatic rings. The van der Waals surface area contributed by atoms with E-state index < -0.39 is 0 Å². The molecule has 0 fully saturated rings. The van der Waals surface area contributed by atoms with E-state index in [1.807, 2.05) is 61.4 Å². The molecule has 0 unspecified atom stereocenters. The third-order valence-corrected chi connectivity index (χ3v) is 7.29. The van der Waals surface area contributed by atoms with Crippen LogP contribution in [0, 0.1) is 6.92 Å². The van der Waals surface area contributed by atoms with Crippen LogP contribution in [0.25, 0.3) is 0 Å². The molecule has 0 saturated carbocycles. The minimum atomic E-state index is -0.376. The van der Waals surface area contributed by atoms with Crippen molar-refractivity contribution in [3.63, 3.8) is 0 Å². The van der Waals surface area contributed by atoms with Crippen molar-refractivity contribution in [3.05, 3.63) is 86.0 Å². The first-order valence-electron chi connectivity index (χ1n) is 11.2. The monoisotopic (exact) mass is 517 g/mol. The number of benzene rings is 2. The lowest BCUT2D eigenvalue weighted by Gasteiger charge is -2.31. The standard InChI is InChI=1S/C26H29Cl2N3O2S/c1-4-19(3)31(26(33)29-23-11-10-21(27)14-22(23)28)17-25(32)30(15-20-8-6-5-7-9-20)16-24-18(2)12-13-34-24/h5-14,19H,4,15-17H2,1-3H3,(H,29,33)/t19-/m1/s1. The number of anilines is 1. The molecule has 3 amide bonds. The Hall–Kier alpha value is -2.54. The van der Waals surface area contributed by atoms with Crippen LogP contribution in [0.2, 0.25) is 10.0 Å². The Bertz CT molecular complexity index is 1120. The Kier molecular flexibility index (Phi) is 9.39. The summed E-state index contributed by atoms with van der Waals surface area (Å²) < 4.78 is 0. The lowest BCUT2D eigenvalue weighted by atomic mass is 10.2. The molecule has 2 aromatic carbocycles. The molecule has 3 aromatic rings. The largest absolute Gasteiger partial charge is 0.332 e. The highest BCUT2D eigenvalue weighted by molar-refractivity contribution is 7.10. The first-order valence-corrected chi connectivity index (χ1v) is 12.8. The van der Waals surface area contributed by atoms with E-state index >= 15 is 0 Å². The Morgan fingerprint density at radius 2 is 1.79 bits per heavy atom. The van der Waals surface area contributed by atoms with Crippen LogP contribution < -0.4 is 5.32 Å². The molecule has 1 atom stereocenters. The van der Waals surface area contributed by atoms with Gasteiger partial charge in [0.2, 0.25) is 5.91 Å². The van der Waals surface area contributed by atoms with Crippen molar-refractivity contribution in [2.45, 2.75) is 46.3 Å². The molecule has 1 heterocycles. The van der Waals surface area contributed by atoms with E-state index in [0.717, 1.165) is 16.0 Å². The van der Waals surface area contributed by atoms with Crippen LogP contribution in [0.3, 0.4) is 0 Å². The Balaban J connectivity index is 1.80. The van der Waals surface area contributed by atoms with E-state index in [0.29, 0.717) is 35.2 Å². The average Bonchev–Trinajstić information content (AvgIpc) is 3.23. The summed E-state index contributed by atoms with van der Waals surface area (Å²) >= 11 is 13.8. The van der Waals surface area contributed by atoms with Gasteiger partial charge in [0, 0.05) is 22.5 Å². The lowest BCUT2D eigenvalue weighted by molar-refractivity contribution is -0.133. The number of hydrogen-bond donors (Lipinski definition) is 1. The van der Waals surface area contributed by atoms with Crippen LogP contribution in [0.4, 0.5) is 10.5 Å². The van der Waals surface area contributed by atoms with Crippen molar-refractivity contribution in [1.29, 1.82) is 0 Å². The number of carbonyl (C=O) groups is 2. The number of hydrogen-bond acceptors (Lipinski definition) is 3. The van der Waals surface area contributed by atoms with Crippen LogP contribution in [0.15, 0.2) is 60.0 Å². The zero-order chi connectivity index (χ0) is 24.7. The van der Waals surface area contributed by atoms with Crippen LogP contribution in [-0.2, 0) is 17.9 Å². The maximum absolute atomic E-state index is 13.5. The second-order valence-corrected chi connectivity index (χ2v) is 10.0. The molecule has 0 aliphatic carbocycles. The normalized spacial score (nSPS) is 11.7. The second-order valence-electron chi connectivity index (χ2n) is 8.20. The van der Waals surface area contributed by atoms with Gasteiger partial charge in [-0.2, -0.15) is 0 Å². The van der Waals surface area contributed by atoms with Gasteiger partial charge in [0.05, 0.1) is 17.3 Å². The molecule has 5 nitrogen and oxygen atoms in total. The van der Waals surface area contributed by atoms with Gasteiger partial charge in [0.25, 0.3) is 0 Å². The Labute approximate surface area is 215 Å². The molecular weight excluding hydrogens is 489 g/mol. The van der Waals surface area contributed by atoms with Crippen molar-refractivity contribution in [1.82, 2.24) is 9.80 Å². The van der Waals surface area contributed by atoms with Crippen molar-refractivity contribution in [2.75, 3.05) is 11.9 Å². The SMILES string of the molecule is CC[C@@H](C)N(CC(=O)N(Cc1ccccc1)Cc1sccc1C)C(=O)Nc1ccc(Cl)cc1Cl. The van der Waals surface area contributed by atoms with Crippen LogP contribution in [0.1, 0.15) is 36.3 Å². The topological polar surface area (TPSA) is 52.7 Å². The minimum absolute atomic E-state index is 0.0384. The third-order valence-electron chi connectivity index (χ3n) is 5.73. The maximum Gasteiger partial charge on any atom is 0.322 e. The lowest BCUT2D eigenvalue weighted by Crippen LogP contribution is -2.47. The molecule has 0 aliphatic heterocycles. The summed E-state index contributed by atoms with van der Waals surface area (Å²) in [6.45, 7) is 6.89. The molecular formula is C26H29Cl2N3O2S. The first-order chi connectivity index (χ1) is 16.3. The van der Waals surface area contributed by atoms with Gasteiger partial charge in [0.15, 0.2) is 0 Å². The smallest absolute Gasteiger partial charge is 0.322 e. The summed E-state index contributed by atoms with van der Waals surface area (Å²) in [5.74, 6) is -0.116. The third kappa shape index (κ3) is 6.98. The van der Waals surface area contributed by atoms with Crippen LogP contribution >= 0.6 is 34.5 Å². The molecule has 1 aromatic heterocycles. The molecule has 0 saturated heterocycles. The quantitative estimate of drug-likeness (QED) is 0.325. The number of thiophene rings is 1. The average molecular weight is 519 g/mol. The van der Waals surface area contributed by atoms with E-state index in [1.54, 1.807) is 34.4 Å². The molecule has 8 heteroatoms. The van der Waals surface area contributed by atoms with Crippen molar-refractivity contribution >= 4 is 52.2 Å². The summed E-state index contributed by atoms with van der Waals surface area (Å²) in [5, 5.41) is 5.69. The predicted octanol–water partition coefficient (Wildman–Crippen LogP) is 7.22. The molecule has 0 bridgehead atoms. The van der Waals surface area contributed by atoms with Crippen molar-refractivity contribution < 1.29 is 9.59 Å². The fraction of sp³-hybridized carbons (Fsp3) is 0.308. The highest BCUT2D eigenvalue weighted by Crippen LogP contribution is 2.26. The van der Waals surface area contributed by atoms with Gasteiger partial charge < -0.3 is 15.1 Å². The predicted molar refractivity (Wildman–Crippen MR) is 142 cm³/mol. The second kappa shape index (κ2) is 12.2. The van der Waals surface area contributed by atoms with Gasteiger partial charge in [-0.3, -0.25) is 4.79 Å². The zero-order valence-electron chi connectivity index (χ0n) is 19.6. The molecule has 34 heavy (non-hydrogen) atoms. The van der Waals surface area contributed by atoms with Gasteiger partial charge in [-0.05, 0) is 61.0 Å². The maximum atomic E-state index is 13.5. The van der Waals surface area contributed by atoms with Crippen molar-refractivity contribution in [3.8, 4) is 0 Å². The number of amides is 3. The summed E-state index contributed by atoms with van der Waals surface area (Å²) in [4.78, 5) is 31.3. The Morgan fingerprint density at radius 3 is 2.41 bits per heavy atom. The van der Waals surface area contributed by atoms with Gasteiger partial charge in [-0.25, -0.2) is 4.79 Å². The summed E-state index contributed by atoms with van der Waals surface area (Å²) in [6.07, 6.45) is 0.706. The number of rotatable bonds is 9. The number of nitrogens with zero attached hydrogens (tertiary/aromatic N) is 2. The highest BCUT2D eigenvalue weighted by atomic mass is 35.5. The number of urea groups is 1. The van der Waals surface area contributed by atoms with Crippen molar-refractivity contribution in [2.24, 2.45) is 0 Å². The van der Waals surface area contributed by atoms with Crippen LogP contribution in [-0.4, -0.2) is 34.3 Å². The van der Waals surface area contributed by atoms with Gasteiger partial charge in [-0.15, -0.1) is 11.3 Å². The molecule has 0 radical (unpaired) electrons. The van der Waals surface area contributed by atoms with Gasteiger partial charge in [-0.1, -0.05) is 60.5 Å². The van der Waals surface area contributed by atoms with Crippen LogP contribution in [0.5, 0.6) is 0 Å². The molecule has 180 valence electrons. The number of halogens is 2. The molecule has 1 N–H and O–H groups in total. The zero-order valence-corrected chi connectivity index (χ0v) is 21.9. The minimum Gasteiger partial charge on any atom is -0.332 e. The Morgan fingerprint density at radius 1 is 1.06 bits per heavy atom. The summed E-state index contributed by atoms with van der Waals surface area (Å²) in [6, 6.07) is 16.3. The number of aryl methyl sites for hydroxylation is 1. The van der Waals surface area contributed by atoms with E-state index in [-0.39, 0.29) is 24.5 Å². The fourth-order valence-electron chi connectivity index (χ4n) is 3.45. The number of nitrogens with one attached hydrogen (secondary N) is 1. The molecule has 3 rings (SSSR count). The van der Waals surface area contributed by atoms with Gasteiger partial charge in [0.1, 0.15) is 6.54 Å². The molecule has 0 spiro atoms. The van der Waals surface area contributed by atoms with E-state index in [9.17, 15) is 9.59 Å². The number of carbonyl (C=O) groups excluding carboxylic acids is 2. The van der Waals surface area contributed by atoms with Gasteiger partial charge >= 0.3 is 6.03 Å². The fourth-order valence-corrected chi connectivity index (χ4v) is 4.82. The summed E-state index contributed by atoms with van der Waals surface area (Å²) in [5.41, 5.74) is 2.65. The first kappa shape index (κ1) is 26.1. The highest BCUT2D eigenvalue weighted by Gasteiger charge is 2.26.